The number of thioether (sulfide) groups is 1. The van der Waals surface area contributed by atoms with Crippen molar-refractivity contribution in [2.24, 2.45) is 0 Å². The number of amides is 2. The van der Waals surface area contributed by atoms with Gasteiger partial charge in [-0.05, 0) is 36.5 Å². The van der Waals surface area contributed by atoms with Crippen molar-refractivity contribution in [2.75, 3.05) is 0 Å². The Labute approximate surface area is 157 Å². The fourth-order valence-electron chi connectivity index (χ4n) is 2.15. The van der Waals surface area contributed by atoms with Gasteiger partial charge < -0.3 is 0 Å². The molecule has 1 saturated heterocycles. The van der Waals surface area contributed by atoms with Gasteiger partial charge in [-0.2, -0.15) is 5.01 Å². The monoisotopic (exact) mass is 386 g/mol. The minimum Gasteiger partial charge on any atom is -0.267 e. The highest BCUT2D eigenvalue weighted by Gasteiger charge is 2.34. The third kappa shape index (κ3) is 3.60. The Morgan fingerprint density at radius 1 is 1.27 bits per heavy atom. The van der Waals surface area contributed by atoms with Crippen molar-refractivity contribution in [3.63, 3.8) is 0 Å². The zero-order chi connectivity index (χ0) is 18.7. The summed E-state index contributed by atoms with van der Waals surface area (Å²) in [5.41, 5.74) is 2.89. The Balaban J connectivity index is 1.83. The van der Waals surface area contributed by atoms with Crippen molar-refractivity contribution in [3.05, 3.63) is 74.9 Å². The number of hydrogen-bond acceptors (Lipinski definition) is 7. The third-order valence-corrected chi connectivity index (χ3v) is 4.67. The highest BCUT2D eigenvalue weighted by molar-refractivity contribution is 8.26. The van der Waals surface area contributed by atoms with E-state index in [1.54, 1.807) is 6.07 Å². The SMILES string of the molecule is O=C(NN1C(=O)C(=Cc2ccccc2[N+](=O)[O-])SC1=S)c1ccncc1. The standard InChI is InChI=1S/C16H10N4O4S2/c21-14(10-5-7-17-8-6-10)18-19-15(22)13(26-16(19)25)9-11-3-1-2-4-12(11)20(23)24/h1-9H,(H,18,21). The van der Waals surface area contributed by atoms with Gasteiger partial charge in [0.2, 0.25) is 0 Å². The molecule has 0 spiro atoms. The van der Waals surface area contributed by atoms with Crippen LogP contribution in [0.1, 0.15) is 15.9 Å². The summed E-state index contributed by atoms with van der Waals surface area (Å²) in [6.45, 7) is 0. The number of carbonyl (C=O) groups is 2. The molecule has 1 aromatic carbocycles. The van der Waals surface area contributed by atoms with E-state index in [1.807, 2.05) is 0 Å². The number of hydrogen-bond donors (Lipinski definition) is 1. The smallest absolute Gasteiger partial charge is 0.267 e. The van der Waals surface area contributed by atoms with Crippen molar-refractivity contribution in [1.82, 2.24) is 15.4 Å². The van der Waals surface area contributed by atoms with Crippen LogP contribution in [0, 0.1) is 10.1 Å². The molecular formula is C16H10N4O4S2. The lowest BCUT2D eigenvalue weighted by molar-refractivity contribution is -0.385. The number of pyridine rings is 1. The Bertz CT molecular complexity index is 946. The molecule has 1 fully saturated rings. The molecule has 1 aliphatic heterocycles. The average molecular weight is 386 g/mol. The van der Waals surface area contributed by atoms with E-state index in [0.717, 1.165) is 16.8 Å². The van der Waals surface area contributed by atoms with E-state index in [4.69, 9.17) is 12.2 Å². The van der Waals surface area contributed by atoms with Crippen LogP contribution < -0.4 is 5.43 Å². The Kier molecular flexibility index (Phi) is 5.05. The first-order valence-electron chi connectivity index (χ1n) is 7.20. The van der Waals surface area contributed by atoms with Crippen LogP contribution in [0.4, 0.5) is 5.69 Å². The van der Waals surface area contributed by atoms with Gasteiger partial charge in [-0.3, -0.25) is 30.1 Å². The second kappa shape index (κ2) is 7.42. The zero-order valence-electron chi connectivity index (χ0n) is 13.0. The summed E-state index contributed by atoms with van der Waals surface area (Å²) in [4.78, 5) is 39.3. The maximum atomic E-state index is 12.5. The summed E-state index contributed by atoms with van der Waals surface area (Å²) in [5.74, 6) is -1.07. The van der Waals surface area contributed by atoms with Crippen LogP contribution in [-0.2, 0) is 4.79 Å². The number of hydrazine groups is 1. The lowest BCUT2D eigenvalue weighted by atomic mass is 10.1. The highest BCUT2D eigenvalue weighted by atomic mass is 32.2. The van der Waals surface area contributed by atoms with Crippen LogP contribution >= 0.6 is 24.0 Å². The molecule has 3 rings (SSSR count). The minimum atomic E-state index is -0.555. The van der Waals surface area contributed by atoms with E-state index in [-0.39, 0.29) is 20.5 Å². The fraction of sp³-hybridized carbons (Fsp3) is 0. The van der Waals surface area contributed by atoms with Gasteiger partial charge in [-0.25, -0.2) is 0 Å². The van der Waals surface area contributed by atoms with Crippen molar-refractivity contribution in [3.8, 4) is 0 Å². The number of aromatic nitrogens is 1. The molecular weight excluding hydrogens is 376 g/mol. The Morgan fingerprint density at radius 2 is 1.96 bits per heavy atom. The number of nitro benzene ring substituents is 1. The van der Waals surface area contributed by atoms with Gasteiger partial charge in [-0.15, -0.1) is 0 Å². The summed E-state index contributed by atoms with van der Waals surface area (Å²) < 4.78 is 0.127. The molecule has 130 valence electrons. The third-order valence-electron chi connectivity index (χ3n) is 3.37. The van der Waals surface area contributed by atoms with E-state index in [9.17, 15) is 19.7 Å². The van der Waals surface area contributed by atoms with Gasteiger partial charge in [0.25, 0.3) is 17.5 Å². The average Bonchev–Trinajstić information content (AvgIpc) is 2.90. The van der Waals surface area contributed by atoms with Crippen molar-refractivity contribution in [2.45, 2.75) is 0 Å². The fourth-order valence-corrected chi connectivity index (χ4v) is 3.32. The lowest BCUT2D eigenvalue weighted by Crippen LogP contribution is -2.44. The van der Waals surface area contributed by atoms with Crippen LogP contribution in [0.15, 0.2) is 53.7 Å². The molecule has 1 aliphatic rings. The minimum absolute atomic E-state index is 0.126. The van der Waals surface area contributed by atoms with Gasteiger partial charge in [-0.1, -0.05) is 23.9 Å². The molecule has 0 atom stereocenters. The molecule has 0 radical (unpaired) electrons. The molecule has 26 heavy (non-hydrogen) atoms. The number of nitro groups is 1. The van der Waals surface area contributed by atoms with Crippen molar-refractivity contribution in [1.29, 1.82) is 0 Å². The number of nitrogens with zero attached hydrogens (tertiary/aromatic N) is 3. The van der Waals surface area contributed by atoms with E-state index in [1.165, 1.54) is 48.8 Å². The molecule has 0 aliphatic carbocycles. The highest BCUT2D eigenvalue weighted by Crippen LogP contribution is 2.33. The van der Waals surface area contributed by atoms with Gasteiger partial charge in [0.15, 0.2) is 4.32 Å². The molecule has 0 saturated carbocycles. The van der Waals surface area contributed by atoms with Crippen molar-refractivity contribution < 1.29 is 14.5 Å². The van der Waals surface area contributed by atoms with E-state index < -0.39 is 16.7 Å². The second-order valence-corrected chi connectivity index (χ2v) is 6.69. The normalized spacial score (nSPS) is 15.4. The quantitative estimate of drug-likeness (QED) is 0.372. The van der Waals surface area contributed by atoms with Crippen LogP contribution in [0.25, 0.3) is 6.08 Å². The lowest BCUT2D eigenvalue weighted by Gasteiger charge is -2.15. The van der Waals surface area contributed by atoms with Crippen LogP contribution in [0.3, 0.4) is 0 Å². The Morgan fingerprint density at radius 3 is 2.65 bits per heavy atom. The maximum absolute atomic E-state index is 12.5. The first-order chi connectivity index (χ1) is 12.5. The predicted molar refractivity (Wildman–Crippen MR) is 99.8 cm³/mol. The molecule has 1 aromatic heterocycles. The first kappa shape index (κ1) is 17.7. The molecule has 8 nitrogen and oxygen atoms in total. The number of benzene rings is 1. The van der Waals surface area contributed by atoms with Crippen LogP contribution in [-0.4, -0.2) is 31.1 Å². The number of carbonyl (C=O) groups excluding carboxylic acids is 2. The molecule has 1 N–H and O–H groups in total. The van der Waals surface area contributed by atoms with Gasteiger partial charge in [0, 0.05) is 24.0 Å². The van der Waals surface area contributed by atoms with E-state index >= 15 is 0 Å². The van der Waals surface area contributed by atoms with Crippen LogP contribution in [0.2, 0.25) is 0 Å². The number of para-hydroxylation sites is 1. The second-order valence-electron chi connectivity index (χ2n) is 5.01. The zero-order valence-corrected chi connectivity index (χ0v) is 14.6. The van der Waals surface area contributed by atoms with E-state index in [0.29, 0.717) is 5.56 Å². The van der Waals surface area contributed by atoms with Gasteiger partial charge in [0.05, 0.1) is 15.4 Å². The van der Waals surface area contributed by atoms with Gasteiger partial charge in [0.1, 0.15) is 0 Å². The largest absolute Gasteiger partial charge is 0.285 e. The molecule has 2 amide bonds. The number of rotatable bonds is 4. The Hall–Kier alpha value is -3.11. The van der Waals surface area contributed by atoms with E-state index in [2.05, 4.69) is 10.4 Å². The molecule has 0 unspecified atom stereocenters. The maximum Gasteiger partial charge on any atom is 0.285 e. The van der Waals surface area contributed by atoms with Crippen LogP contribution in [0.5, 0.6) is 0 Å². The summed E-state index contributed by atoms with van der Waals surface area (Å²) in [5, 5.41) is 12.0. The molecule has 2 heterocycles. The summed E-state index contributed by atoms with van der Waals surface area (Å²) in [7, 11) is 0. The number of thiocarbonyl (C=S) groups is 1. The first-order valence-corrected chi connectivity index (χ1v) is 8.42. The number of nitrogens with one attached hydrogen (secondary N) is 1. The predicted octanol–water partition coefficient (Wildman–Crippen LogP) is 2.54. The summed E-state index contributed by atoms with van der Waals surface area (Å²) in [6.07, 6.45) is 4.29. The van der Waals surface area contributed by atoms with Gasteiger partial charge >= 0.3 is 0 Å². The molecule has 0 bridgehead atoms. The topological polar surface area (TPSA) is 105 Å². The summed E-state index contributed by atoms with van der Waals surface area (Å²) >= 11 is 6.08. The summed E-state index contributed by atoms with van der Waals surface area (Å²) in [6, 6.07) is 9.03. The molecule has 10 heteroatoms. The van der Waals surface area contributed by atoms with Crippen molar-refractivity contribution >= 4 is 51.9 Å². The molecule has 2 aromatic rings.